The first kappa shape index (κ1) is 33.7. The summed E-state index contributed by atoms with van der Waals surface area (Å²) in [4.78, 5) is 4.80. The highest BCUT2D eigenvalue weighted by Crippen LogP contribution is 2.51. The number of hydrogen-bond acceptors (Lipinski definition) is 2. The van der Waals surface area contributed by atoms with Gasteiger partial charge >= 0.3 is 0 Å². The lowest BCUT2D eigenvalue weighted by atomic mass is 9.82. The molecule has 268 valence electrons. The van der Waals surface area contributed by atoms with Crippen molar-refractivity contribution in [3.63, 3.8) is 0 Å². The molecule has 0 heterocycles. The Bertz CT molecular complexity index is 2880. The average molecular weight is 719 g/mol. The zero-order chi connectivity index (χ0) is 37.8. The Balaban J connectivity index is 1.08. The highest BCUT2D eigenvalue weighted by molar-refractivity contribution is 6.08. The minimum Gasteiger partial charge on any atom is -0.310 e. The summed E-state index contributed by atoms with van der Waals surface area (Å²) in [6.07, 6.45) is 0. The first-order chi connectivity index (χ1) is 27.5. The molecule has 0 aliphatic heterocycles. The molecule has 9 aromatic rings. The summed E-state index contributed by atoms with van der Waals surface area (Å²) in [5.41, 5.74) is 15.8. The summed E-state index contributed by atoms with van der Waals surface area (Å²) in [7, 11) is 0. The highest BCUT2D eigenvalue weighted by Gasteiger charge is 2.35. The van der Waals surface area contributed by atoms with Crippen molar-refractivity contribution in [3.05, 3.63) is 217 Å². The number of para-hydroxylation sites is 1. The van der Waals surface area contributed by atoms with Crippen molar-refractivity contribution in [1.29, 1.82) is 0 Å². The smallest absolute Gasteiger partial charge is 0.0540 e. The van der Waals surface area contributed by atoms with E-state index in [1.165, 1.54) is 60.5 Å². The van der Waals surface area contributed by atoms with Crippen LogP contribution in [0.3, 0.4) is 0 Å². The standard InChI is InChI=1S/C54H42N2/c1-37-26-30-42(31-27-37)56(52-24-11-15-38-14-7-8-18-45(38)52)53-25-13-21-46-44(20-12-22-49(46)53)39-28-32-41(33-29-39)55(40-16-5-4-6-17-40)43-34-35-48-47-19-9-10-23-50(47)54(2,3)51(48)36-43/h4-36H,1-3H3. The minimum absolute atomic E-state index is 0.0794. The Kier molecular flexibility index (Phi) is 8.08. The highest BCUT2D eigenvalue weighted by atomic mass is 15.1. The third-order valence-electron chi connectivity index (χ3n) is 11.7. The molecule has 2 nitrogen and oxygen atoms in total. The van der Waals surface area contributed by atoms with Gasteiger partial charge in [0, 0.05) is 38.9 Å². The van der Waals surface area contributed by atoms with E-state index in [0.29, 0.717) is 0 Å². The van der Waals surface area contributed by atoms with Crippen LogP contribution < -0.4 is 9.80 Å². The van der Waals surface area contributed by atoms with Gasteiger partial charge in [0.1, 0.15) is 0 Å². The molecular weight excluding hydrogens is 677 g/mol. The van der Waals surface area contributed by atoms with Crippen molar-refractivity contribution in [2.24, 2.45) is 0 Å². The molecule has 0 amide bonds. The SMILES string of the molecule is Cc1ccc(N(c2cccc3ccccc23)c2cccc3c(-c4ccc(N(c5ccccc5)c5ccc6c(c5)C(C)(C)c5ccccc5-6)cc4)cccc23)cc1. The lowest BCUT2D eigenvalue weighted by Crippen LogP contribution is -2.16. The molecule has 0 N–H and O–H groups in total. The van der Waals surface area contributed by atoms with Crippen molar-refractivity contribution in [3.8, 4) is 22.3 Å². The predicted molar refractivity (Wildman–Crippen MR) is 239 cm³/mol. The number of anilines is 6. The monoisotopic (exact) mass is 718 g/mol. The van der Waals surface area contributed by atoms with Gasteiger partial charge in [-0.3, -0.25) is 0 Å². The number of aryl methyl sites for hydroxylation is 1. The van der Waals surface area contributed by atoms with E-state index in [9.17, 15) is 0 Å². The molecule has 1 aliphatic carbocycles. The van der Waals surface area contributed by atoms with Gasteiger partial charge in [-0.1, -0.05) is 159 Å². The molecular formula is C54H42N2. The van der Waals surface area contributed by atoms with Crippen LogP contribution in [-0.2, 0) is 5.41 Å². The maximum atomic E-state index is 2.42. The van der Waals surface area contributed by atoms with Crippen LogP contribution in [-0.4, -0.2) is 0 Å². The van der Waals surface area contributed by atoms with Gasteiger partial charge in [-0.25, -0.2) is 0 Å². The molecule has 10 rings (SSSR count). The van der Waals surface area contributed by atoms with E-state index in [1.54, 1.807) is 0 Å². The number of fused-ring (bicyclic) bond motifs is 5. The molecule has 0 bridgehead atoms. The van der Waals surface area contributed by atoms with Crippen LogP contribution in [0.5, 0.6) is 0 Å². The molecule has 2 heteroatoms. The molecule has 9 aromatic carbocycles. The van der Waals surface area contributed by atoms with Gasteiger partial charge in [-0.15, -0.1) is 0 Å². The van der Waals surface area contributed by atoms with E-state index in [0.717, 1.165) is 34.1 Å². The molecule has 56 heavy (non-hydrogen) atoms. The number of nitrogens with zero attached hydrogens (tertiary/aromatic N) is 2. The van der Waals surface area contributed by atoms with Crippen LogP contribution >= 0.6 is 0 Å². The number of rotatable bonds is 7. The zero-order valence-corrected chi connectivity index (χ0v) is 31.9. The second-order valence-corrected chi connectivity index (χ2v) is 15.5. The van der Waals surface area contributed by atoms with Gasteiger partial charge in [-0.05, 0) is 112 Å². The Labute approximate surface area is 329 Å². The maximum absolute atomic E-state index is 2.42. The second-order valence-electron chi connectivity index (χ2n) is 15.5. The van der Waals surface area contributed by atoms with Gasteiger partial charge in [-0.2, -0.15) is 0 Å². The lowest BCUT2D eigenvalue weighted by Gasteiger charge is -2.29. The lowest BCUT2D eigenvalue weighted by molar-refractivity contribution is 0.660. The Hall–Kier alpha value is -6.90. The number of benzene rings is 9. The maximum Gasteiger partial charge on any atom is 0.0540 e. The fourth-order valence-corrected chi connectivity index (χ4v) is 8.89. The van der Waals surface area contributed by atoms with E-state index in [2.05, 4.69) is 231 Å². The minimum atomic E-state index is -0.0794. The molecule has 0 atom stereocenters. The van der Waals surface area contributed by atoms with Crippen LogP contribution in [0.1, 0.15) is 30.5 Å². The van der Waals surface area contributed by atoms with Gasteiger partial charge in [0.2, 0.25) is 0 Å². The van der Waals surface area contributed by atoms with Gasteiger partial charge in [0.15, 0.2) is 0 Å². The molecule has 0 spiro atoms. The fraction of sp³-hybridized carbons (Fsp3) is 0.0741. The van der Waals surface area contributed by atoms with Gasteiger partial charge < -0.3 is 9.80 Å². The van der Waals surface area contributed by atoms with E-state index in [-0.39, 0.29) is 5.41 Å². The topological polar surface area (TPSA) is 6.48 Å². The van der Waals surface area contributed by atoms with Crippen LogP contribution in [0.25, 0.3) is 43.8 Å². The van der Waals surface area contributed by atoms with Crippen molar-refractivity contribution in [2.45, 2.75) is 26.2 Å². The summed E-state index contributed by atoms with van der Waals surface area (Å²) < 4.78 is 0. The Morgan fingerprint density at radius 3 is 1.71 bits per heavy atom. The normalized spacial score (nSPS) is 12.7. The quantitative estimate of drug-likeness (QED) is 0.162. The van der Waals surface area contributed by atoms with Gasteiger partial charge in [0.25, 0.3) is 0 Å². The third-order valence-corrected chi connectivity index (χ3v) is 11.7. The Morgan fingerprint density at radius 2 is 0.893 bits per heavy atom. The largest absolute Gasteiger partial charge is 0.310 e. The van der Waals surface area contributed by atoms with Gasteiger partial charge in [0.05, 0.1) is 11.4 Å². The summed E-state index contributed by atoms with van der Waals surface area (Å²) in [5.74, 6) is 0. The molecule has 1 aliphatic rings. The summed E-state index contributed by atoms with van der Waals surface area (Å²) in [6, 6.07) is 73.2. The van der Waals surface area contributed by atoms with Crippen molar-refractivity contribution >= 4 is 55.7 Å². The predicted octanol–water partition coefficient (Wildman–Crippen LogP) is 15.2. The van der Waals surface area contributed by atoms with Crippen molar-refractivity contribution < 1.29 is 0 Å². The van der Waals surface area contributed by atoms with E-state index >= 15 is 0 Å². The Morgan fingerprint density at radius 1 is 0.357 bits per heavy atom. The number of hydrogen-bond donors (Lipinski definition) is 0. The van der Waals surface area contributed by atoms with Crippen LogP contribution in [0, 0.1) is 6.92 Å². The van der Waals surface area contributed by atoms with Crippen molar-refractivity contribution in [1.82, 2.24) is 0 Å². The van der Waals surface area contributed by atoms with E-state index in [1.807, 2.05) is 0 Å². The summed E-state index contributed by atoms with van der Waals surface area (Å²) in [5, 5.41) is 4.87. The third kappa shape index (κ3) is 5.57. The second kappa shape index (κ2) is 13.4. The van der Waals surface area contributed by atoms with E-state index < -0.39 is 0 Å². The van der Waals surface area contributed by atoms with Crippen LogP contribution in [0.15, 0.2) is 200 Å². The fourth-order valence-electron chi connectivity index (χ4n) is 8.89. The molecule has 0 fully saturated rings. The van der Waals surface area contributed by atoms with Crippen LogP contribution in [0.4, 0.5) is 34.1 Å². The molecule has 0 saturated heterocycles. The van der Waals surface area contributed by atoms with Crippen LogP contribution in [0.2, 0.25) is 0 Å². The van der Waals surface area contributed by atoms with Crippen molar-refractivity contribution in [2.75, 3.05) is 9.80 Å². The molecule has 0 unspecified atom stereocenters. The molecule has 0 radical (unpaired) electrons. The average Bonchev–Trinajstić information content (AvgIpc) is 3.47. The first-order valence-corrected chi connectivity index (χ1v) is 19.5. The van der Waals surface area contributed by atoms with E-state index in [4.69, 9.17) is 0 Å². The molecule has 0 saturated carbocycles. The first-order valence-electron chi connectivity index (χ1n) is 19.5. The zero-order valence-electron chi connectivity index (χ0n) is 31.9. The summed E-state index contributed by atoms with van der Waals surface area (Å²) >= 11 is 0. The molecule has 0 aromatic heterocycles. The summed E-state index contributed by atoms with van der Waals surface area (Å²) in [6.45, 7) is 6.84.